The number of ether oxygens (including phenoxy) is 1. The number of halogens is 1. The fourth-order valence-electron chi connectivity index (χ4n) is 4.65. The molecule has 4 aromatic carbocycles. The van der Waals surface area contributed by atoms with Crippen molar-refractivity contribution >= 4 is 78.6 Å². The molecule has 38 heavy (non-hydrogen) atoms. The predicted octanol–water partition coefficient (Wildman–Crippen LogP) is 7.94. The standard InChI is InChI=1S/C31H24ClO2PS3/c1-2-34-30(33)28(27-29(37-38-31(27)36)22-18-20-23(32)21-19-22)35(24-12-6-3-7-13-24,25-14-8-4-9-15-25)26-16-10-5-11-17-26/h3-21H,2H2,1H3. The van der Waals surface area contributed by atoms with Gasteiger partial charge >= 0.3 is 5.97 Å². The van der Waals surface area contributed by atoms with Crippen molar-refractivity contribution < 1.29 is 9.53 Å². The zero-order valence-electron chi connectivity index (χ0n) is 20.5. The van der Waals surface area contributed by atoms with Crippen LogP contribution in [0.2, 0.25) is 5.02 Å². The van der Waals surface area contributed by atoms with E-state index in [1.54, 1.807) is 10.3 Å². The molecule has 0 bridgehead atoms. The molecular formula is C31H24ClO2PS3. The molecule has 7 heteroatoms. The minimum atomic E-state index is -2.76. The summed E-state index contributed by atoms with van der Waals surface area (Å²) >= 11 is 12.2. The number of hydrogen-bond acceptors (Lipinski definition) is 5. The topological polar surface area (TPSA) is 26.3 Å². The SMILES string of the molecule is CCOC(=O)C(c1c(-c2ccc(Cl)cc2)ssc1=S)=P(c1ccccc1)(c1ccccc1)c1ccccc1. The lowest BCUT2D eigenvalue weighted by molar-refractivity contribution is -0.134. The zero-order valence-corrected chi connectivity index (χ0v) is 24.6. The molecule has 5 aromatic rings. The van der Waals surface area contributed by atoms with Crippen LogP contribution in [-0.2, 0) is 9.53 Å². The smallest absolute Gasteiger partial charge is 0.339 e. The molecule has 1 heterocycles. The number of esters is 1. The van der Waals surface area contributed by atoms with E-state index >= 15 is 0 Å². The maximum absolute atomic E-state index is 14.3. The molecule has 0 fully saturated rings. The molecule has 0 radical (unpaired) electrons. The second kappa shape index (κ2) is 11.9. The van der Waals surface area contributed by atoms with Crippen LogP contribution in [-0.4, -0.2) is 17.9 Å². The minimum Gasteiger partial charge on any atom is -0.462 e. The average Bonchev–Trinajstić information content (AvgIpc) is 3.34. The lowest BCUT2D eigenvalue weighted by Gasteiger charge is -2.32. The summed E-state index contributed by atoms with van der Waals surface area (Å²) in [6.07, 6.45) is 0. The van der Waals surface area contributed by atoms with E-state index in [9.17, 15) is 4.79 Å². The lowest BCUT2D eigenvalue weighted by atomic mass is 10.1. The van der Waals surface area contributed by atoms with Crippen LogP contribution in [0, 0.1) is 3.82 Å². The molecule has 0 saturated carbocycles. The summed E-state index contributed by atoms with van der Waals surface area (Å²) in [7, 11) is 3.09. The maximum atomic E-state index is 14.3. The van der Waals surface area contributed by atoms with Crippen molar-refractivity contribution in [1.82, 2.24) is 0 Å². The van der Waals surface area contributed by atoms with E-state index in [0.29, 0.717) is 14.1 Å². The Kier molecular flexibility index (Phi) is 8.42. The van der Waals surface area contributed by atoms with Gasteiger partial charge in [-0.1, -0.05) is 148 Å². The van der Waals surface area contributed by atoms with Gasteiger partial charge < -0.3 is 4.74 Å². The molecule has 0 aliphatic rings. The molecule has 0 spiro atoms. The Hall–Kier alpha value is -2.79. The van der Waals surface area contributed by atoms with Gasteiger partial charge in [-0.05, 0) is 47.4 Å². The van der Waals surface area contributed by atoms with Crippen LogP contribution in [0.15, 0.2) is 115 Å². The van der Waals surface area contributed by atoms with Crippen molar-refractivity contribution in [1.29, 1.82) is 0 Å². The van der Waals surface area contributed by atoms with E-state index in [2.05, 4.69) is 36.4 Å². The van der Waals surface area contributed by atoms with Crippen LogP contribution in [0.3, 0.4) is 0 Å². The fraction of sp³-hybridized carbons (Fsp3) is 0.0645. The second-order valence-electron chi connectivity index (χ2n) is 8.41. The van der Waals surface area contributed by atoms with Crippen LogP contribution in [0.1, 0.15) is 12.5 Å². The Morgan fingerprint density at radius 2 is 1.24 bits per heavy atom. The largest absolute Gasteiger partial charge is 0.462 e. The van der Waals surface area contributed by atoms with E-state index in [1.807, 2.05) is 85.8 Å². The highest BCUT2D eigenvalue weighted by molar-refractivity contribution is 7.97. The number of carbonyl (C=O) groups excluding carboxylic acids is 1. The van der Waals surface area contributed by atoms with Gasteiger partial charge in [-0.25, -0.2) is 4.79 Å². The highest BCUT2D eigenvalue weighted by Gasteiger charge is 2.37. The molecule has 0 aliphatic carbocycles. The van der Waals surface area contributed by atoms with Crippen molar-refractivity contribution in [2.45, 2.75) is 6.92 Å². The van der Waals surface area contributed by atoms with E-state index in [0.717, 1.165) is 31.9 Å². The Bertz CT molecular complexity index is 1560. The number of rotatable bonds is 7. The van der Waals surface area contributed by atoms with Crippen LogP contribution >= 0.6 is 51.4 Å². The summed E-state index contributed by atoms with van der Waals surface area (Å²) in [5.74, 6) is -0.343. The molecule has 0 unspecified atom stereocenters. The summed E-state index contributed by atoms with van der Waals surface area (Å²) in [4.78, 5) is 15.3. The van der Waals surface area contributed by atoms with E-state index in [1.165, 1.54) is 10.3 Å². The fourth-order valence-corrected chi connectivity index (χ4v) is 12.3. The quantitative estimate of drug-likeness (QED) is 0.0833. The van der Waals surface area contributed by atoms with Crippen LogP contribution < -0.4 is 15.9 Å². The van der Waals surface area contributed by atoms with E-state index < -0.39 is 6.89 Å². The minimum absolute atomic E-state index is 0.261. The van der Waals surface area contributed by atoms with Crippen LogP contribution in [0.4, 0.5) is 0 Å². The Balaban J connectivity index is 2.06. The Morgan fingerprint density at radius 1 is 0.763 bits per heavy atom. The number of carbonyl (C=O) groups is 1. The highest BCUT2D eigenvalue weighted by Crippen LogP contribution is 2.50. The van der Waals surface area contributed by atoms with Gasteiger partial charge in [-0.3, -0.25) is 0 Å². The summed E-state index contributed by atoms with van der Waals surface area (Å²) in [5.41, 5.74) is 1.75. The van der Waals surface area contributed by atoms with Crippen LogP contribution in [0.5, 0.6) is 0 Å². The maximum Gasteiger partial charge on any atom is 0.339 e. The molecule has 1 aromatic heterocycles. The average molecular weight is 591 g/mol. The first-order chi connectivity index (χ1) is 18.6. The molecule has 0 saturated heterocycles. The van der Waals surface area contributed by atoms with Gasteiger partial charge in [0.15, 0.2) is 0 Å². The number of hydrogen-bond donors (Lipinski definition) is 0. The van der Waals surface area contributed by atoms with Gasteiger partial charge in [-0.2, -0.15) is 0 Å². The third kappa shape index (κ3) is 4.98. The summed E-state index contributed by atoms with van der Waals surface area (Å²) in [6.45, 7) is -0.656. The molecule has 0 amide bonds. The molecule has 2 nitrogen and oxygen atoms in total. The summed E-state index contributed by atoms with van der Waals surface area (Å²) in [6, 6.07) is 38.6. The number of benzene rings is 4. The third-order valence-corrected chi connectivity index (χ3v) is 13.8. The van der Waals surface area contributed by atoms with E-state index in [4.69, 9.17) is 28.6 Å². The first kappa shape index (κ1) is 26.8. The van der Waals surface area contributed by atoms with Gasteiger partial charge in [0.1, 0.15) is 3.82 Å². The van der Waals surface area contributed by atoms with Crippen molar-refractivity contribution in [2.24, 2.45) is 0 Å². The molecule has 190 valence electrons. The molecule has 0 aliphatic heterocycles. The molecular weight excluding hydrogens is 567 g/mol. The predicted molar refractivity (Wildman–Crippen MR) is 169 cm³/mol. The van der Waals surface area contributed by atoms with Crippen molar-refractivity contribution in [3.05, 3.63) is 130 Å². The third-order valence-electron chi connectivity index (χ3n) is 6.21. The zero-order chi connectivity index (χ0) is 26.5. The molecule has 0 N–H and O–H groups in total. The molecule has 0 atom stereocenters. The van der Waals surface area contributed by atoms with Crippen molar-refractivity contribution in [2.75, 3.05) is 6.61 Å². The Labute approximate surface area is 240 Å². The van der Waals surface area contributed by atoms with Gasteiger partial charge in [0.25, 0.3) is 0 Å². The normalized spacial score (nSPS) is 11.2. The Morgan fingerprint density at radius 3 is 1.68 bits per heavy atom. The summed E-state index contributed by atoms with van der Waals surface area (Å²) in [5, 5.41) is 4.47. The van der Waals surface area contributed by atoms with E-state index in [-0.39, 0.29) is 12.6 Å². The van der Waals surface area contributed by atoms with Crippen LogP contribution in [0.25, 0.3) is 10.4 Å². The van der Waals surface area contributed by atoms with Gasteiger partial charge in [0.05, 0.1) is 16.8 Å². The van der Waals surface area contributed by atoms with Crippen molar-refractivity contribution in [3.63, 3.8) is 0 Å². The van der Waals surface area contributed by atoms with Crippen molar-refractivity contribution in [3.8, 4) is 10.4 Å². The van der Waals surface area contributed by atoms with Gasteiger partial charge in [0, 0.05) is 10.6 Å². The highest BCUT2D eigenvalue weighted by atomic mass is 35.5. The van der Waals surface area contributed by atoms with Gasteiger partial charge in [-0.15, -0.1) is 0 Å². The first-order valence-electron chi connectivity index (χ1n) is 12.1. The second-order valence-corrected chi connectivity index (χ2v) is 15.0. The molecule has 5 rings (SSSR count). The first-order valence-corrected chi connectivity index (χ1v) is 16.8. The lowest BCUT2D eigenvalue weighted by Crippen LogP contribution is -2.35. The summed E-state index contributed by atoms with van der Waals surface area (Å²) < 4.78 is 6.53. The van der Waals surface area contributed by atoms with Gasteiger partial charge in [0.2, 0.25) is 0 Å². The monoisotopic (exact) mass is 590 g/mol.